The van der Waals surface area contributed by atoms with Gasteiger partial charge in [0.25, 0.3) is 0 Å². The topological polar surface area (TPSA) is 9.23 Å². The first-order chi connectivity index (χ1) is 7.00. The highest BCUT2D eigenvalue weighted by atomic mass is 79.9. The second-order valence-corrected chi connectivity index (χ2v) is 5.65. The Kier molecular flexibility index (Phi) is 4.65. The van der Waals surface area contributed by atoms with E-state index in [2.05, 4.69) is 48.0 Å². The number of alkyl halides is 1. The molecule has 2 heteroatoms. The van der Waals surface area contributed by atoms with E-state index >= 15 is 0 Å². The molecule has 0 saturated carbocycles. The van der Waals surface area contributed by atoms with Crippen LogP contribution in [0.1, 0.15) is 39.2 Å². The highest BCUT2D eigenvalue weighted by molar-refractivity contribution is 9.09. The lowest BCUT2D eigenvalue weighted by Gasteiger charge is -2.16. The molecule has 0 amide bonds. The van der Waals surface area contributed by atoms with Crippen LogP contribution < -0.4 is 4.74 Å². The van der Waals surface area contributed by atoms with Gasteiger partial charge < -0.3 is 4.74 Å². The van der Waals surface area contributed by atoms with Gasteiger partial charge in [-0.2, -0.15) is 0 Å². The van der Waals surface area contributed by atoms with Crippen LogP contribution in [-0.2, 0) is 0 Å². The third-order valence-corrected chi connectivity index (χ3v) is 3.24. The molecule has 1 aromatic carbocycles. The van der Waals surface area contributed by atoms with E-state index in [-0.39, 0.29) is 6.10 Å². The Bertz CT molecular complexity index is 307. The predicted molar refractivity (Wildman–Crippen MR) is 69.0 cm³/mol. The number of halogens is 1. The monoisotopic (exact) mass is 270 g/mol. The molecular formula is C13H19BrO. The van der Waals surface area contributed by atoms with Crippen LogP contribution in [0.3, 0.4) is 0 Å². The SMILES string of the molecule is CC(C)Oc1cccc(C(C)C(C)Br)c1. The molecule has 0 N–H and O–H groups in total. The quantitative estimate of drug-likeness (QED) is 0.739. The van der Waals surface area contributed by atoms with E-state index in [4.69, 9.17) is 4.74 Å². The number of benzene rings is 1. The zero-order chi connectivity index (χ0) is 11.4. The van der Waals surface area contributed by atoms with Crippen molar-refractivity contribution in [2.24, 2.45) is 0 Å². The molecule has 0 spiro atoms. The van der Waals surface area contributed by atoms with E-state index in [1.165, 1.54) is 5.56 Å². The van der Waals surface area contributed by atoms with E-state index in [9.17, 15) is 0 Å². The van der Waals surface area contributed by atoms with Crippen LogP contribution in [0.15, 0.2) is 24.3 Å². The number of hydrogen-bond acceptors (Lipinski definition) is 1. The molecule has 0 fully saturated rings. The second kappa shape index (κ2) is 5.55. The summed E-state index contributed by atoms with van der Waals surface area (Å²) in [7, 11) is 0. The maximum Gasteiger partial charge on any atom is 0.119 e. The lowest BCUT2D eigenvalue weighted by molar-refractivity contribution is 0.242. The summed E-state index contributed by atoms with van der Waals surface area (Å²) in [5, 5.41) is 0. The molecule has 1 rings (SSSR count). The number of rotatable bonds is 4. The van der Waals surface area contributed by atoms with Gasteiger partial charge in [0.15, 0.2) is 0 Å². The molecule has 0 aromatic heterocycles. The number of hydrogen-bond donors (Lipinski definition) is 0. The fourth-order valence-electron chi connectivity index (χ4n) is 1.41. The molecule has 0 bridgehead atoms. The Morgan fingerprint density at radius 1 is 1.13 bits per heavy atom. The lowest BCUT2D eigenvalue weighted by Crippen LogP contribution is -2.07. The molecule has 0 saturated heterocycles. The van der Waals surface area contributed by atoms with Crippen molar-refractivity contribution in [2.45, 2.75) is 44.5 Å². The van der Waals surface area contributed by atoms with Crippen molar-refractivity contribution in [2.75, 3.05) is 0 Å². The smallest absolute Gasteiger partial charge is 0.119 e. The van der Waals surface area contributed by atoms with Gasteiger partial charge in [0.05, 0.1) is 6.10 Å². The van der Waals surface area contributed by atoms with Crippen LogP contribution in [0.2, 0.25) is 0 Å². The van der Waals surface area contributed by atoms with Gasteiger partial charge >= 0.3 is 0 Å². The van der Waals surface area contributed by atoms with Crippen LogP contribution in [0.4, 0.5) is 0 Å². The summed E-state index contributed by atoms with van der Waals surface area (Å²) in [6.07, 6.45) is 0.233. The molecule has 0 radical (unpaired) electrons. The highest BCUT2D eigenvalue weighted by Gasteiger charge is 2.11. The van der Waals surface area contributed by atoms with Gasteiger partial charge in [0.2, 0.25) is 0 Å². The van der Waals surface area contributed by atoms with Crippen molar-refractivity contribution in [3.05, 3.63) is 29.8 Å². The van der Waals surface area contributed by atoms with Crippen molar-refractivity contribution >= 4 is 15.9 Å². The van der Waals surface area contributed by atoms with E-state index in [0.717, 1.165) is 5.75 Å². The van der Waals surface area contributed by atoms with E-state index in [0.29, 0.717) is 10.7 Å². The molecular weight excluding hydrogens is 252 g/mol. The van der Waals surface area contributed by atoms with Gasteiger partial charge in [-0.05, 0) is 37.5 Å². The molecule has 15 heavy (non-hydrogen) atoms. The summed E-state index contributed by atoms with van der Waals surface area (Å²) in [6.45, 7) is 8.47. The van der Waals surface area contributed by atoms with Crippen LogP contribution in [0.25, 0.3) is 0 Å². The van der Waals surface area contributed by atoms with Gasteiger partial charge in [-0.3, -0.25) is 0 Å². The van der Waals surface area contributed by atoms with Gasteiger partial charge in [0.1, 0.15) is 5.75 Å². The van der Waals surface area contributed by atoms with Crippen molar-refractivity contribution in [1.29, 1.82) is 0 Å². The fraction of sp³-hybridized carbons (Fsp3) is 0.538. The minimum Gasteiger partial charge on any atom is -0.491 e. The van der Waals surface area contributed by atoms with Crippen molar-refractivity contribution in [3.63, 3.8) is 0 Å². The van der Waals surface area contributed by atoms with E-state index in [1.54, 1.807) is 0 Å². The standard InChI is InChI=1S/C13H19BrO/c1-9(2)15-13-7-5-6-12(8-13)10(3)11(4)14/h5-11H,1-4H3. The summed E-state index contributed by atoms with van der Waals surface area (Å²) in [5.74, 6) is 1.46. The molecule has 0 aliphatic rings. The van der Waals surface area contributed by atoms with Crippen LogP contribution in [0, 0.1) is 0 Å². The van der Waals surface area contributed by atoms with Crippen LogP contribution in [0.5, 0.6) is 5.75 Å². The van der Waals surface area contributed by atoms with Crippen molar-refractivity contribution in [1.82, 2.24) is 0 Å². The highest BCUT2D eigenvalue weighted by Crippen LogP contribution is 2.27. The lowest BCUT2D eigenvalue weighted by atomic mass is 9.98. The third kappa shape index (κ3) is 3.86. The Labute approximate surface area is 101 Å². The Balaban J connectivity index is 2.82. The minimum atomic E-state index is 0.233. The normalized spacial score (nSPS) is 15.1. The first-order valence-corrected chi connectivity index (χ1v) is 6.33. The average molecular weight is 271 g/mol. The minimum absolute atomic E-state index is 0.233. The Morgan fingerprint density at radius 3 is 2.33 bits per heavy atom. The molecule has 1 nitrogen and oxygen atoms in total. The zero-order valence-electron chi connectivity index (χ0n) is 9.83. The molecule has 0 aliphatic carbocycles. The van der Waals surface area contributed by atoms with Gasteiger partial charge in [-0.25, -0.2) is 0 Å². The molecule has 0 aliphatic heterocycles. The molecule has 2 unspecified atom stereocenters. The van der Waals surface area contributed by atoms with Crippen molar-refractivity contribution < 1.29 is 4.74 Å². The maximum atomic E-state index is 5.67. The summed E-state index contributed by atoms with van der Waals surface area (Å²) >= 11 is 3.61. The first-order valence-electron chi connectivity index (χ1n) is 5.41. The molecule has 0 heterocycles. The third-order valence-electron chi connectivity index (χ3n) is 2.44. The van der Waals surface area contributed by atoms with Gasteiger partial charge in [0, 0.05) is 4.83 Å². The first kappa shape index (κ1) is 12.6. The van der Waals surface area contributed by atoms with E-state index < -0.39 is 0 Å². The summed E-state index contributed by atoms with van der Waals surface area (Å²) in [4.78, 5) is 0.479. The second-order valence-electron chi connectivity index (χ2n) is 4.21. The van der Waals surface area contributed by atoms with Crippen LogP contribution >= 0.6 is 15.9 Å². The largest absolute Gasteiger partial charge is 0.491 e. The van der Waals surface area contributed by atoms with Gasteiger partial charge in [-0.1, -0.05) is 41.9 Å². The van der Waals surface area contributed by atoms with Gasteiger partial charge in [-0.15, -0.1) is 0 Å². The molecule has 1 aromatic rings. The summed E-state index contributed by atoms with van der Waals surface area (Å²) < 4.78 is 5.67. The summed E-state index contributed by atoms with van der Waals surface area (Å²) in [5.41, 5.74) is 1.32. The number of ether oxygens (including phenoxy) is 1. The molecule has 84 valence electrons. The zero-order valence-corrected chi connectivity index (χ0v) is 11.4. The van der Waals surface area contributed by atoms with Crippen LogP contribution in [-0.4, -0.2) is 10.9 Å². The predicted octanol–water partition coefficient (Wildman–Crippen LogP) is 4.36. The fourth-order valence-corrected chi connectivity index (χ4v) is 1.71. The van der Waals surface area contributed by atoms with Crippen molar-refractivity contribution in [3.8, 4) is 5.75 Å². The summed E-state index contributed by atoms with van der Waals surface area (Å²) in [6, 6.07) is 8.34. The van der Waals surface area contributed by atoms with E-state index in [1.807, 2.05) is 19.9 Å². The molecule has 2 atom stereocenters. The Hall–Kier alpha value is -0.500. The average Bonchev–Trinajstić information content (AvgIpc) is 2.16. The maximum absolute atomic E-state index is 5.67. The Morgan fingerprint density at radius 2 is 1.80 bits per heavy atom.